The maximum absolute atomic E-state index is 5.90. The number of hydrogen-bond acceptors (Lipinski definition) is 3. The topological polar surface area (TPSA) is 47.3 Å². The Balaban J connectivity index is 2.03. The second-order valence-electron chi connectivity index (χ2n) is 3.18. The predicted molar refractivity (Wildman–Crippen MR) is 38.7 cm³/mol. The molecule has 0 spiro atoms. The molecule has 0 amide bonds. The van der Waals surface area contributed by atoms with Crippen molar-refractivity contribution in [1.82, 2.24) is 5.32 Å². The molecule has 0 saturated carbocycles. The van der Waals surface area contributed by atoms with Gasteiger partial charge in [-0.1, -0.05) is 0 Å². The van der Waals surface area contributed by atoms with Crippen LogP contribution in [0.5, 0.6) is 0 Å². The van der Waals surface area contributed by atoms with E-state index in [1.165, 1.54) is 0 Å². The number of fused-ring (bicyclic) bond motifs is 1. The number of hydrogen-bond donors (Lipinski definition) is 2. The lowest BCUT2D eigenvalue weighted by molar-refractivity contribution is -0.00927. The van der Waals surface area contributed by atoms with Crippen molar-refractivity contribution in [3.8, 4) is 0 Å². The lowest BCUT2D eigenvalue weighted by atomic mass is 9.93. The van der Waals surface area contributed by atoms with Gasteiger partial charge in [-0.25, -0.2) is 0 Å². The molecule has 0 radical (unpaired) electrons. The van der Waals surface area contributed by atoms with Gasteiger partial charge in [0.2, 0.25) is 0 Å². The van der Waals surface area contributed by atoms with E-state index in [4.69, 9.17) is 10.5 Å². The SMILES string of the molecule is N[C@H]1CCO[C@H]2CNC[C@@H]21. The lowest BCUT2D eigenvalue weighted by Gasteiger charge is -2.30. The van der Waals surface area contributed by atoms with E-state index in [9.17, 15) is 0 Å². The standard InChI is InChI=1S/C7H14N2O/c8-6-1-2-10-7-4-9-3-5(6)7/h5-7,9H,1-4,8H2/t5-,6+,7+/m1/s1. The summed E-state index contributed by atoms with van der Waals surface area (Å²) < 4.78 is 5.53. The zero-order chi connectivity index (χ0) is 6.97. The van der Waals surface area contributed by atoms with Crippen LogP contribution in [-0.4, -0.2) is 31.8 Å². The quantitative estimate of drug-likeness (QED) is 0.471. The van der Waals surface area contributed by atoms with Crippen LogP contribution in [0.4, 0.5) is 0 Å². The smallest absolute Gasteiger partial charge is 0.0754 e. The van der Waals surface area contributed by atoms with Gasteiger partial charge >= 0.3 is 0 Å². The molecular formula is C7H14N2O. The van der Waals surface area contributed by atoms with Gasteiger partial charge in [-0.15, -0.1) is 0 Å². The van der Waals surface area contributed by atoms with Crippen LogP contribution in [-0.2, 0) is 4.74 Å². The molecule has 3 heteroatoms. The van der Waals surface area contributed by atoms with Crippen molar-refractivity contribution in [3.05, 3.63) is 0 Å². The monoisotopic (exact) mass is 142 g/mol. The molecule has 2 aliphatic rings. The normalized spacial score (nSPS) is 47.1. The van der Waals surface area contributed by atoms with E-state index in [2.05, 4.69) is 5.32 Å². The highest BCUT2D eigenvalue weighted by atomic mass is 16.5. The summed E-state index contributed by atoms with van der Waals surface area (Å²) in [5.74, 6) is 0.578. The van der Waals surface area contributed by atoms with E-state index in [1.54, 1.807) is 0 Å². The third-order valence-corrected chi connectivity index (χ3v) is 2.54. The highest BCUT2D eigenvalue weighted by Gasteiger charge is 2.35. The Bertz CT molecular complexity index is 129. The van der Waals surface area contributed by atoms with Crippen LogP contribution in [0.15, 0.2) is 0 Å². The second kappa shape index (κ2) is 2.49. The molecule has 3 nitrogen and oxygen atoms in total. The Kier molecular flexibility index (Phi) is 1.64. The van der Waals surface area contributed by atoms with E-state index in [0.29, 0.717) is 18.1 Å². The Hall–Kier alpha value is -0.120. The highest BCUT2D eigenvalue weighted by Crippen LogP contribution is 2.22. The summed E-state index contributed by atoms with van der Waals surface area (Å²) in [5, 5.41) is 3.29. The maximum Gasteiger partial charge on any atom is 0.0754 e. The fraction of sp³-hybridized carbons (Fsp3) is 1.00. The molecule has 10 heavy (non-hydrogen) atoms. The van der Waals surface area contributed by atoms with E-state index >= 15 is 0 Å². The van der Waals surface area contributed by atoms with Crippen molar-refractivity contribution in [1.29, 1.82) is 0 Å². The zero-order valence-electron chi connectivity index (χ0n) is 6.05. The molecule has 2 heterocycles. The van der Waals surface area contributed by atoms with Gasteiger partial charge < -0.3 is 15.8 Å². The summed E-state index contributed by atoms with van der Waals surface area (Å²) >= 11 is 0. The molecule has 3 atom stereocenters. The van der Waals surface area contributed by atoms with Gasteiger partial charge in [0.25, 0.3) is 0 Å². The van der Waals surface area contributed by atoms with Gasteiger partial charge in [-0.2, -0.15) is 0 Å². The van der Waals surface area contributed by atoms with Crippen LogP contribution in [0.2, 0.25) is 0 Å². The second-order valence-corrected chi connectivity index (χ2v) is 3.18. The Morgan fingerprint density at radius 1 is 1.40 bits per heavy atom. The fourth-order valence-corrected chi connectivity index (χ4v) is 1.85. The first-order valence-corrected chi connectivity index (χ1v) is 3.96. The number of nitrogens with one attached hydrogen (secondary N) is 1. The first-order chi connectivity index (χ1) is 4.88. The van der Waals surface area contributed by atoms with Crippen LogP contribution in [0.25, 0.3) is 0 Å². The van der Waals surface area contributed by atoms with Crippen LogP contribution in [0.1, 0.15) is 6.42 Å². The number of ether oxygens (including phenoxy) is 1. The summed E-state index contributed by atoms with van der Waals surface area (Å²) in [4.78, 5) is 0. The first-order valence-electron chi connectivity index (χ1n) is 3.96. The van der Waals surface area contributed by atoms with Gasteiger partial charge in [0.15, 0.2) is 0 Å². The molecule has 0 unspecified atom stereocenters. The summed E-state index contributed by atoms with van der Waals surface area (Å²) in [5.41, 5.74) is 5.90. The number of nitrogens with two attached hydrogens (primary N) is 1. The molecule has 58 valence electrons. The van der Waals surface area contributed by atoms with Crippen molar-refractivity contribution >= 4 is 0 Å². The Labute approximate surface area is 60.9 Å². The molecule has 0 aromatic rings. The van der Waals surface area contributed by atoms with Crippen molar-refractivity contribution in [2.24, 2.45) is 11.7 Å². The molecule has 0 bridgehead atoms. The minimum absolute atomic E-state index is 0.369. The molecule has 3 N–H and O–H groups in total. The van der Waals surface area contributed by atoms with Gasteiger partial charge in [0, 0.05) is 31.7 Å². The number of rotatable bonds is 0. The van der Waals surface area contributed by atoms with Crippen molar-refractivity contribution in [2.45, 2.75) is 18.6 Å². The van der Waals surface area contributed by atoms with E-state index in [0.717, 1.165) is 26.1 Å². The van der Waals surface area contributed by atoms with Crippen LogP contribution in [0.3, 0.4) is 0 Å². The van der Waals surface area contributed by atoms with Crippen molar-refractivity contribution < 1.29 is 4.74 Å². The largest absolute Gasteiger partial charge is 0.376 e. The molecule has 0 aliphatic carbocycles. The fourth-order valence-electron chi connectivity index (χ4n) is 1.85. The Morgan fingerprint density at radius 3 is 3.10 bits per heavy atom. The molecule has 2 rings (SSSR count). The first kappa shape index (κ1) is 6.58. The summed E-state index contributed by atoms with van der Waals surface area (Å²) in [6.07, 6.45) is 1.44. The average molecular weight is 142 g/mol. The molecular weight excluding hydrogens is 128 g/mol. The summed E-state index contributed by atoms with van der Waals surface area (Å²) in [6, 6.07) is 0.369. The molecule has 2 fully saturated rings. The van der Waals surface area contributed by atoms with Gasteiger partial charge in [-0.05, 0) is 6.42 Å². The van der Waals surface area contributed by atoms with E-state index in [-0.39, 0.29) is 0 Å². The predicted octanol–water partition coefficient (Wildman–Crippen LogP) is -0.678. The Morgan fingerprint density at radius 2 is 2.30 bits per heavy atom. The summed E-state index contributed by atoms with van der Waals surface area (Å²) in [6.45, 7) is 2.90. The average Bonchev–Trinajstić information content (AvgIpc) is 2.36. The van der Waals surface area contributed by atoms with Crippen LogP contribution >= 0.6 is 0 Å². The molecule has 0 aromatic carbocycles. The van der Waals surface area contributed by atoms with Crippen molar-refractivity contribution in [3.63, 3.8) is 0 Å². The van der Waals surface area contributed by atoms with Crippen LogP contribution in [0, 0.1) is 5.92 Å². The van der Waals surface area contributed by atoms with Crippen LogP contribution < -0.4 is 11.1 Å². The molecule has 0 aromatic heterocycles. The van der Waals surface area contributed by atoms with E-state index < -0.39 is 0 Å². The van der Waals surface area contributed by atoms with Gasteiger partial charge in [0.1, 0.15) is 0 Å². The third-order valence-electron chi connectivity index (χ3n) is 2.54. The third kappa shape index (κ3) is 0.944. The highest BCUT2D eigenvalue weighted by molar-refractivity contribution is 4.91. The maximum atomic E-state index is 5.90. The minimum Gasteiger partial charge on any atom is -0.376 e. The molecule has 2 aliphatic heterocycles. The molecule has 2 saturated heterocycles. The summed E-state index contributed by atoms with van der Waals surface area (Å²) in [7, 11) is 0. The zero-order valence-corrected chi connectivity index (χ0v) is 6.05. The van der Waals surface area contributed by atoms with E-state index in [1.807, 2.05) is 0 Å². The van der Waals surface area contributed by atoms with Gasteiger partial charge in [-0.3, -0.25) is 0 Å². The minimum atomic E-state index is 0.369. The van der Waals surface area contributed by atoms with Crippen molar-refractivity contribution in [2.75, 3.05) is 19.7 Å². The van der Waals surface area contributed by atoms with Gasteiger partial charge in [0.05, 0.1) is 6.10 Å². The lowest BCUT2D eigenvalue weighted by Crippen LogP contribution is -2.43.